The van der Waals surface area contributed by atoms with Gasteiger partial charge in [0.2, 0.25) is 17.7 Å². The van der Waals surface area contributed by atoms with E-state index in [2.05, 4.69) is 16.3 Å². The van der Waals surface area contributed by atoms with Crippen molar-refractivity contribution in [2.45, 2.75) is 82.2 Å². The van der Waals surface area contributed by atoms with Crippen molar-refractivity contribution in [1.29, 1.82) is 5.26 Å². The molecule has 3 amide bonds. The second kappa shape index (κ2) is 10.6. The molecule has 0 saturated carbocycles. The second-order valence-electron chi connectivity index (χ2n) is 11.6. The zero-order valence-corrected chi connectivity index (χ0v) is 22.9. The summed E-state index contributed by atoms with van der Waals surface area (Å²) in [6.07, 6.45) is 0.0975. The van der Waals surface area contributed by atoms with E-state index in [1.54, 1.807) is 6.07 Å². The number of halogens is 1. The highest BCUT2D eigenvalue weighted by atomic mass is 19.1. The molecule has 0 radical (unpaired) electrons. The quantitative estimate of drug-likeness (QED) is 0.584. The Kier molecular flexibility index (Phi) is 7.82. The Labute approximate surface area is 223 Å². The van der Waals surface area contributed by atoms with Crippen LogP contribution in [0.15, 0.2) is 24.3 Å². The number of ether oxygens (including phenoxy) is 1. The lowest BCUT2D eigenvalue weighted by Crippen LogP contribution is -2.54. The van der Waals surface area contributed by atoms with E-state index in [1.165, 1.54) is 30.7 Å². The highest BCUT2D eigenvalue weighted by Crippen LogP contribution is 2.46. The van der Waals surface area contributed by atoms with Gasteiger partial charge in [-0.2, -0.15) is 5.26 Å². The first-order valence-electron chi connectivity index (χ1n) is 13.3. The van der Waals surface area contributed by atoms with E-state index in [4.69, 9.17) is 4.74 Å². The molecule has 2 fully saturated rings. The number of para-hydroxylation sites is 1. The summed E-state index contributed by atoms with van der Waals surface area (Å²) in [5.41, 5.74) is -1.36. The van der Waals surface area contributed by atoms with Gasteiger partial charge in [0.05, 0.1) is 24.7 Å². The Bertz CT molecular complexity index is 1120. The monoisotopic (exact) mass is 527 g/mol. The first kappa shape index (κ1) is 28.0. The number of amides is 3. The summed E-state index contributed by atoms with van der Waals surface area (Å²) >= 11 is 0. The number of likely N-dealkylation sites (N-methyl/N-ethyl adjacent to an activating group) is 1. The van der Waals surface area contributed by atoms with Crippen LogP contribution in [0.25, 0.3) is 0 Å². The van der Waals surface area contributed by atoms with Gasteiger partial charge >= 0.3 is 0 Å². The van der Waals surface area contributed by atoms with Gasteiger partial charge in [0.15, 0.2) is 0 Å². The number of morpholine rings is 1. The fourth-order valence-electron chi connectivity index (χ4n) is 6.08. The normalized spacial score (nSPS) is 28.1. The number of anilines is 1. The predicted molar refractivity (Wildman–Crippen MR) is 140 cm³/mol. The number of alkyl halides is 1. The molecule has 3 aliphatic rings. The van der Waals surface area contributed by atoms with Crippen LogP contribution in [0.3, 0.4) is 0 Å². The number of benzene rings is 1. The lowest BCUT2D eigenvalue weighted by molar-refractivity contribution is -0.146. The summed E-state index contributed by atoms with van der Waals surface area (Å²) < 4.78 is 20.5. The minimum atomic E-state index is -1.74. The fourth-order valence-corrected chi connectivity index (χ4v) is 6.08. The van der Waals surface area contributed by atoms with Gasteiger partial charge in [0.1, 0.15) is 17.8 Å². The van der Waals surface area contributed by atoms with Crippen LogP contribution in [-0.2, 0) is 24.5 Å². The van der Waals surface area contributed by atoms with E-state index in [9.17, 15) is 24.0 Å². The number of nitrogens with zero attached hydrogens (tertiary/aromatic N) is 4. The van der Waals surface area contributed by atoms with Gasteiger partial charge < -0.3 is 19.9 Å². The van der Waals surface area contributed by atoms with Crippen molar-refractivity contribution in [3.05, 3.63) is 29.8 Å². The average Bonchev–Trinajstić information content (AvgIpc) is 3.39. The van der Waals surface area contributed by atoms with Crippen molar-refractivity contribution in [3.63, 3.8) is 0 Å². The van der Waals surface area contributed by atoms with Crippen molar-refractivity contribution in [1.82, 2.24) is 14.7 Å². The molecule has 1 aromatic carbocycles. The molecule has 3 aliphatic heterocycles. The molecule has 206 valence electrons. The molecule has 0 unspecified atom stereocenters. The third kappa shape index (κ3) is 5.27. The molecule has 0 aromatic heterocycles. The standard InChI is InChI=1S/C28H38FN5O4/c1-18-15-38-16-19(2)33(18)11-10-24(35)32(5)23(13-27(3,4)29)25(36)34-17-28(12-20(34)14-30)21-8-6-7-9-22(21)31-26(28)37/h6-9,18-20,23H,10-13,15-17H2,1-5H3,(H,31,37)/t18-,19+,20-,23-,28-/m0/s1. The first-order valence-corrected chi connectivity index (χ1v) is 13.3. The molecular formula is C28H38FN5O4. The van der Waals surface area contributed by atoms with Crippen molar-refractivity contribution in [2.24, 2.45) is 0 Å². The van der Waals surface area contributed by atoms with E-state index in [0.29, 0.717) is 25.4 Å². The van der Waals surface area contributed by atoms with E-state index in [0.717, 1.165) is 5.56 Å². The molecule has 38 heavy (non-hydrogen) atoms. The summed E-state index contributed by atoms with van der Waals surface area (Å²) in [6.45, 7) is 8.52. The number of fused-ring (bicyclic) bond motifs is 2. The largest absolute Gasteiger partial charge is 0.378 e. The number of nitriles is 1. The predicted octanol–water partition coefficient (Wildman–Crippen LogP) is 2.47. The Balaban J connectivity index is 1.55. The average molecular weight is 528 g/mol. The molecule has 1 aromatic rings. The van der Waals surface area contributed by atoms with Gasteiger partial charge in [0, 0.05) is 57.2 Å². The maximum absolute atomic E-state index is 15.0. The van der Waals surface area contributed by atoms with Gasteiger partial charge in [-0.15, -0.1) is 0 Å². The molecule has 0 aliphatic carbocycles. The number of carbonyl (C=O) groups is 3. The molecule has 3 heterocycles. The van der Waals surface area contributed by atoms with Crippen molar-refractivity contribution in [2.75, 3.05) is 38.7 Å². The van der Waals surface area contributed by atoms with Gasteiger partial charge in [-0.05, 0) is 39.3 Å². The van der Waals surface area contributed by atoms with Crippen LogP contribution in [0.4, 0.5) is 10.1 Å². The number of nitrogens with one attached hydrogen (secondary N) is 1. The number of carbonyl (C=O) groups excluding carboxylic acids is 3. The number of hydrogen-bond donors (Lipinski definition) is 1. The van der Waals surface area contributed by atoms with Crippen LogP contribution < -0.4 is 5.32 Å². The number of hydrogen-bond acceptors (Lipinski definition) is 6. The Hall–Kier alpha value is -3.03. The van der Waals surface area contributed by atoms with E-state index in [1.807, 2.05) is 32.0 Å². The lowest BCUT2D eigenvalue weighted by atomic mass is 9.80. The Morgan fingerprint density at radius 1 is 1.29 bits per heavy atom. The molecule has 0 bridgehead atoms. The first-order chi connectivity index (χ1) is 17.9. The Morgan fingerprint density at radius 3 is 2.58 bits per heavy atom. The summed E-state index contributed by atoms with van der Waals surface area (Å²) in [4.78, 5) is 45.3. The summed E-state index contributed by atoms with van der Waals surface area (Å²) in [6, 6.07) is 7.79. The minimum absolute atomic E-state index is 0.000951. The zero-order valence-electron chi connectivity index (χ0n) is 22.9. The second-order valence-corrected chi connectivity index (χ2v) is 11.6. The lowest BCUT2D eigenvalue weighted by Gasteiger charge is -2.39. The van der Waals surface area contributed by atoms with Crippen LogP contribution in [0, 0.1) is 11.3 Å². The van der Waals surface area contributed by atoms with Crippen LogP contribution in [0.2, 0.25) is 0 Å². The third-order valence-corrected chi connectivity index (χ3v) is 8.17. The van der Waals surface area contributed by atoms with Crippen LogP contribution in [0.1, 0.15) is 52.5 Å². The molecule has 5 atom stereocenters. The van der Waals surface area contributed by atoms with Crippen LogP contribution in [-0.4, -0.2) is 95.6 Å². The maximum Gasteiger partial charge on any atom is 0.246 e. The molecular weight excluding hydrogens is 489 g/mol. The Morgan fingerprint density at radius 2 is 1.95 bits per heavy atom. The highest BCUT2D eigenvalue weighted by molar-refractivity contribution is 6.07. The van der Waals surface area contributed by atoms with Gasteiger partial charge in [-0.1, -0.05) is 18.2 Å². The number of likely N-dealkylation sites (tertiary alicyclic amines) is 1. The third-order valence-electron chi connectivity index (χ3n) is 8.17. The number of rotatable bonds is 7. The molecule has 4 rings (SSSR count). The smallest absolute Gasteiger partial charge is 0.246 e. The fraction of sp³-hybridized carbons (Fsp3) is 0.643. The molecule has 1 N–H and O–H groups in total. The maximum atomic E-state index is 15.0. The van der Waals surface area contributed by atoms with Crippen molar-refractivity contribution < 1.29 is 23.5 Å². The van der Waals surface area contributed by atoms with E-state index < -0.39 is 29.1 Å². The van der Waals surface area contributed by atoms with Gasteiger partial charge in [-0.3, -0.25) is 19.3 Å². The highest BCUT2D eigenvalue weighted by Gasteiger charge is 2.57. The van der Waals surface area contributed by atoms with E-state index >= 15 is 0 Å². The van der Waals surface area contributed by atoms with Crippen LogP contribution >= 0.6 is 0 Å². The summed E-state index contributed by atoms with van der Waals surface area (Å²) in [5, 5.41) is 12.8. The summed E-state index contributed by atoms with van der Waals surface area (Å²) in [5.74, 6) is -1.04. The molecule has 2 saturated heterocycles. The molecule has 10 heteroatoms. The van der Waals surface area contributed by atoms with Crippen molar-refractivity contribution in [3.8, 4) is 6.07 Å². The zero-order chi connectivity index (χ0) is 27.8. The van der Waals surface area contributed by atoms with Crippen LogP contribution in [0.5, 0.6) is 0 Å². The van der Waals surface area contributed by atoms with Gasteiger partial charge in [-0.25, -0.2) is 4.39 Å². The van der Waals surface area contributed by atoms with Crippen molar-refractivity contribution >= 4 is 23.4 Å². The van der Waals surface area contributed by atoms with Gasteiger partial charge in [0.25, 0.3) is 0 Å². The molecule has 9 nitrogen and oxygen atoms in total. The van der Waals surface area contributed by atoms with E-state index in [-0.39, 0.29) is 49.7 Å². The topological polar surface area (TPSA) is 106 Å². The SMILES string of the molecule is C[C@@H]1COC[C@H](C)N1CCC(=O)N(C)[C@@H](CC(C)(C)F)C(=O)N1C[C@]2(C[C@H]1C#N)C(=O)Nc1ccccc12. The molecule has 1 spiro atoms. The minimum Gasteiger partial charge on any atom is -0.378 e. The summed E-state index contributed by atoms with van der Waals surface area (Å²) in [7, 11) is 1.52.